The highest BCUT2D eigenvalue weighted by atomic mass is 32.2. The highest BCUT2D eigenvalue weighted by Gasteiger charge is 2.38. The van der Waals surface area contributed by atoms with Gasteiger partial charge in [-0.2, -0.15) is 0 Å². The molecular weight excluding hydrogens is 294 g/mol. The number of methoxy groups -OCH3 is 1. The van der Waals surface area contributed by atoms with E-state index in [-0.39, 0.29) is 11.5 Å². The van der Waals surface area contributed by atoms with Gasteiger partial charge in [0.15, 0.2) is 21.3 Å². The van der Waals surface area contributed by atoms with E-state index in [2.05, 4.69) is 5.32 Å². The lowest BCUT2D eigenvalue weighted by molar-refractivity contribution is 0.0711. The third kappa shape index (κ3) is 3.87. The lowest BCUT2D eigenvalue weighted by Gasteiger charge is -2.20. The maximum atomic E-state index is 11.6. The fourth-order valence-electron chi connectivity index (χ4n) is 2.32. The largest absolute Gasteiger partial charge is 0.493 e. The van der Waals surface area contributed by atoms with Crippen LogP contribution in [0.25, 0.3) is 0 Å². The number of rotatable bonds is 6. The third-order valence-corrected chi connectivity index (χ3v) is 5.07. The zero-order chi connectivity index (χ0) is 15.5. The Kier molecular flexibility index (Phi) is 5.08. The van der Waals surface area contributed by atoms with Gasteiger partial charge in [-0.3, -0.25) is 0 Å². The second-order valence-corrected chi connectivity index (χ2v) is 7.18. The van der Waals surface area contributed by atoms with Crippen LogP contribution in [0.4, 0.5) is 0 Å². The minimum Gasteiger partial charge on any atom is -0.493 e. The number of sulfone groups is 1. The molecule has 7 heteroatoms. The smallest absolute Gasteiger partial charge is 0.166 e. The molecule has 0 bridgehead atoms. The van der Waals surface area contributed by atoms with E-state index in [9.17, 15) is 13.5 Å². The Balaban J connectivity index is 2.25. The normalized spacial score (nSPS) is 24.0. The number of hydrogen-bond donors (Lipinski definition) is 2. The highest BCUT2D eigenvalue weighted by molar-refractivity contribution is 7.91. The molecule has 1 aromatic carbocycles. The quantitative estimate of drug-likeness (QED) is 0.787. The van der Waals surface area contributed by atoms with Crippen molar-refractivity contribution in [3.05, 3.63) is 23.8 Å². The van der Waals surface area contributed by atoms with Gasteiger partial charge >= 0.3 is 0 Å². The number of benzene rings is 1. The Morgan fingerprint density at radius 3 is 2.71 bits per heavy atom. The molecule has 0 saturated carbocycles. The summed E-state index contributed by atoms with van der Waals surface area (Å²) >= 11 is 0. The molecule has 2 rings (SSSR count). The van der Waals surface area contributed by atoms with Crippen LogP contribution in [0.2, 0.25) is 0 Å². The molecule has 2 N–H and O–H groups in total. The molecule has 0 radical (unpaired) electrons. The maximum Gasteiger partial charge on any atom is 0.166 e. The molecule has 0 spiro atoms. The molecule has 1 heterocycles. The second-order valence-electron chi connectivity index (χ2n) is 5.03. The number of aliphatic hydroxyl groups is 1. The van der Waals surface area contributed by atoms with Crippen LogP contribution in [0.1, 0.15) is 12.5 Å². The molecule has 1 aliphatic heterocycles. The molecule has 1 fully saturated rings. The summed E-state index contributed by atoms with van der Waals surface area (Å²) in [5, 5.41) is 13.0. The third-order valence-electron chi connectivity index (χ3n) is 3.39. The molecule has 2 unspecified atom stereocenters. The Morgan fingerprint density at radius 1 is 1.38 bits per heavy atom. The van der Waals surface area contributed by atoms with E-state index in [0.717, 1.165) is 12.1 Å². The second kappa shape index (κ2) is 6.64. The summed E-state index contributed by atoms with van der Waals surface area (Å²) in [4.78, 5) is 0. The Bertz CT molecular complexity index is 587. The summed E-state index contributed by atoms with van der Waals surface area (Å²) in [7, 11) is -1.72. The van der Waals surface area contributed by atoms with Gasteiger partial charge in [0.25, 0.3) is 0 Å². The first kappa shape index (κ1) is 16.1. The Morgan fingerprint density at radius 2 is 2.14 bits per heavy atom. The average molecular weight is 315 g/mol. The van der Waals surface area contributed by atoms with Crippen molar-refractivity contribution in [2.45, 2.75) is 25.7 Å². The van der Waals surface area contributed by atoms with Crippen LogP contribution in [0.15, 0.2) is 18.2 Å². The number of hydrogen-bond acceptors (Lipinski definition) is 6. The van der Waals surface area contributed by atoms with Crippen molar-refractivity contribution >= 4 is 9.84 Å². The minimum absolute atomic E-state index is 0.174. The van der Waals surface area contributed by atoms with Gasteiger partial charge in [-0.05, 0) is 12.6 Å². The number of aliphatic hydroxyl groups excluding tert-OH is 1. The van der Waals surface area contributed by atoms with E-state index in [0.29, 0.717) is 18.0 Å². The molecule has 1 saturated heterocycles. The molecule has 0 aromatic heterocycles. The SMILES string of the molecule is CCNCc1cccc(OC)c1OC1CS(=O)(=O)CC1O. The summed E-state index contributed by atoms with van der Waals surface area (Å²) in [6.45, 7) is 3.38. The zero-order valence-electron chi connectivity index (χ0n) is 12.2. The van der Waals surface area contributed by atoms with Crippen molar-refractivity contribution in [2.75, 3.05) is 25.2 Å². The molecule has 0 aliphatic carbocycles. The molecule has 118 valence electrons. The lowest BCUT2D eigenvalue weighted by atomic mass is 10.1. The van der Waals surface area contributed by atoms with Gasteiger partial charge < -0.3 is 19.9 Å². The van der Waals surface area contributed by atoms with E-state index in [1.165, 1.54) is 7.11 Å². The van der Waals surface area contributed by atoms with Crippen LogP contribution in [-0.2, 0) is 16.4 Å². The zero-order valence-corrected chi connectivity index (χ0v) is 13.0. The van der Waals surface area contributed by atoms with Crippen LogP contribution in [0, 0.1) is 0 Å². The van der Waals surface area contributed by atoms with Gasteiger partial charge in [0, 0.05) is 12.1 Å². The predicted octanol–water partition coefficient (Wildman–Crippen LogP) is 0.341. The van der Waals surface area contributed by atoms with Gasteiger partial charge in [-0.25, -0.2) is 8.42 Å². The molecule has 1 aromatic rings. The van der Waals surface area contributed by atoms with E-state index in [4.69, 9.17) is 9.47 Å². The summed E-state index contributed by atoms with van der Waals surface area (Å²) in [6, 6.07) is 5.48. The molecule has 21 heavy (non-hydrogen) atoms. The first-order valence-electron chi connectivity index (χ1n) is 6.88. The number of ether oxygens (including phenoxy) is 2. The Hall–Kier alpha value is -1.31. The molecule has 0 amide bonds. The minimum atomic E-state index is -3.25. The standard InChI is InChI=1S/C14H21NO5S/c1-3-15-7-10-5-4-6-12(19-2)14(10)20-13-9-21(17,18)8-11(13)16/h4-6,11,13,15-16H,3,7-9H2,1-2H3. The van der Waals surface area contributed by atoms with Crippen molar-refractivity contribution in [3.8, 4) is 11.5 Å². The average Bonchev–Trinajstić information content (AvgIpc) is 2.70. The summed E-state index contributed by atoms with van der Waals surface area (Å²) < 4.78 is 34.2. The van der Waals surface area contributed by atoms with Crippen molar-refractivity contribution in [3.63, 3.8) is 0 Å². The molecule has 6 nitrogen and oxygen atoms in total. The fraction of sp³-hybridized carbons (Fsp3) is 0.571. The van der Waals surface area contributed by atoms with Gasteiger partial charge in [0.2, 0.25) is 0 Å². The summed E-state index contributed by atoms with van der Waals surface area (Å²) in [5.74, 6) is 0.589. The molecule has 1 aliphatic rings. The number of nitrogens with one attached hydrogen (secondary N) is 1. The maximum absolute atomic E-state index is 11.6. The van der Waals surface area contributed by atoms with Crippen LogP contribution >= 0.6 is 0 Å². The van der Waals surface area contributed by atoms with E-state index < -0.39 is 22.0 Å². The van der Waals surface area contributed by atoms with Crippen molar-refractivity contribution < 1.29 is 23.0 Å². The van der Waals surface area contributed by atoms with Gasteiger partial charge in [0.1, 0.15) is 12.2 Å². The van der Waals surface area contributed by atoms with Gasteiger partial charge in [-0.1, -0.05) is 19.1 Å². The highest BCUT2D eigenvalue weighted by Crippen LogP contribution is 2.33. The van der Waals surface area contributed by atoms with Crippen LogP contribution < -0.4 is 14.8 Å². The van der Waals surface area contributed by atoms with E-state index in [1.54, 1.807) is 6.07 Å². The van der Waals surface area contributed by atoms with Crippen LogP contribution in [0.3, 0.4) is 0 Å². The van der Waals surface area contributed by atoms with Crippen LogP contribution in [-0.4, -0.2) is 50.9 Å². The molecule has 2 atom stereocenters. The topological polar surface area (TPSA) is 84.9 Å². The fourth-order valence-corrected chi connectivity index (χ4v) is 3.98. The first-order chi connectivity index (χ1) is 9.96. The Labute approximate surface area is 125 Å². The first-order valence-corrected chi connectivity index (χ1v) is 8.70. The van der Waals surface area contributed by atoms with E-state index >= 15 is 0 Å². The van der Waals surface area contributed by atoms with Crippen LogP contribution in [0.5, 0.6) is 11.5 Å². The van der Waals surface area contributed by atoms with Crippen molar-refractivity contribution in [1.82, 2.24) is 5.32 Å². The summed E-state index contributed by atoms with van der Waals surface area (Å²) in [6.07, 6.45) is -1.77. The van der Waals surface area contributed by atoms with Gasteiger partial charge in [-0.15, -0.1) is 0 Å². The van der Waals surface area contributed by atoms with E-state index in [1.807, 2.05) is 19.1 Å². The van der Waals surface area contributed by atoms with Crippen molar-refractivity contribution in [1.29, 1.82) is 0 Å². The number of para-hydroxylation sites is 1. The molecular formula is C14H21NO5S. The lowest BCUT2D eigenvalue weighted by Crippen LogP contribution is -2.30. The monoisotopic (exact) mass is 315 g/mol. The van der Waals surface area contributed by atoms with Gasteiger partial charge in [0.05, 0.1) is 18.6 Å². The predicted molar refractivity (Wildman–Crippen MR) is 79.5 cm³/mol. The summed E-state index contributed by atoms with van der Waals surface area (Å²) in [5.41, 5.74) is 0.868. The van der Waals surface area contributed by atoms with Crippen molar-refractivity contribution in [2.24, 2.45) is 0 Å².